The predicted molar refractivity (Wildman–Crippen MR) is 66.1 cm³/mol. The van der Waals surface area contributed by atoms with Gasteiger partial charge in [0.25, 0.3) is 0 Å². The molecule has 1 heterocycles. The average molecular weight is 234 g/mol. The third-order valence-corrected chi connectivity index (χ3v) is 3.33. The number of ether oxygens (including phenoxy) is 1. The van der Waals surface area contributed by atoms with Crippen LogP contribution in [0.5, 0.6) is 5.75 Å². The van der Waals surface area contributed by atoms with Crippen LogP contribution in [-0.4, -0.2) is 12.6 Å². The topological polar surface area (TPSA) is 35.2 Å². The van der Waals surface area contributed by atoms with Gasteiger partial charge in [-0.15, -0.1) is 0 Å². The molecule has 0 saturated heterocycles. The molecule has 2 nitrogen and oxygen atoms in total. The summed E-state index contributed by atoms with van der Waals surface area (Å²) < 4.78 is 5.84. The smallest absolute Gasteiger partial charge is 0.131 e. The lowest BCUT2D eigenvalue weighted by molar-refractivity contribution is 0.244. The fraction of sp³-hybridized carbons (Fsp3) is 0.231. The quantitative estimate of drug-likeness (QED) is 0.822. The molecular formula is C13H12ClNO. The maximum Gasteiger partial charge on any atom is 0.131 e. The Morgan fingerprint density at radius 3 is 2.81 bits per heavy atom. The number of benzene rings is 2. The van der Waals surface area contributed by atoms with Crippen LogP contribution < -0.4 is 10.5 Å². The SMILES string of the molecule is NCC1Cc2cc(Cl)c3ccccc3c2O1. The Morgan fingerprint density at radius 2 is 2.06 bits per heavy atom. The Morgan fingerprint density at radius 1 is 1.31 bits per heavy atom. The Kier molecular flexibility index (Phi) is 2.27. The van der Waals surface area contributed by atoms with E-state index in [4.69, 9.17) is 22.1 Å². The van der Waals surface area contributed by atoms with E-state index < -0.39 is 0 Å². The van der Waals surface area contributed by atoms with Crippen LogP contribution in [0.4, 0.5) is 0 Å². The normalized spacial score (nSPS) is 18.5. The van der Waals surface area contributed by atoms with Crippen molar-refractivity contribution < 1.29 is 4.74 Å². The number of halogens is 1. The lowest BCUT2D eigenvalue weighted by atomic mass is 10.0. The van der Waals surface area contributed by atoms with E-state index >= 15 is 0 Å². The molecular weight excluding hydrogens is 222 g/mol. The third-order valence-electron chi connectivity index (χ3n) is 3.02. The summed E-state index contributed by atoms with van der Waals surface area (Å²) in [7, 11) is 0. The van der Waals surface area contributed by atoms with Gasteiger partial charge in [-0.25, -0.2) is 0 Å². The summed E-state index contributed by atoms with van der Waals surface area (Å²) >= 11 is 6.24. The monoisotopic (exact) mass is 233 g/mol. The first-order valence-electron chi connectivity index (χ1n) is 5.36. The molecule has 3 rings (SSSR count). The molecule has 1 atom stereocenters. The molecule has 0 aliphatic carbocycles. The van der Waals surface area contributed by atoms with Crippen LogP contribution in [0.1, 0.15) is 5.56 Å². The number of rotatable bonds is 1. The molecule has 0 bridgehead atoms. The second-order valence-electron chi connectivity index (χ2n) is 4.07. The van der Waals surface area contributed by atoms with Crippen LogP contribution in [-0.2, 0) is 6.42 Å². The largest absolute Gasteiger partial charge is 0.488 e. The fourth-order valence-electron chi connectivity index (χ4n) is 2.23. The van der Waals surface area contributed by atoms with Gasteiger partial charge in [0.2, 0.25) is 0 Å². The maximum absolute atomic E-state index is 6.24. The minimum absolute atomic E-state index is 0.0943. The van der Waals surface area contributed by atoms with Gasteiger partial charge in [-0.2, -0.15) is 0 Å². The summed E-state index contributed by atoms with van der Waals surface area (Å²) in [4.78, 5) is 0. The molecule has 1 aliphatic rings. The summed E-state index contributed by atoms with van der Waals surface area (Å²) in [6, 6.07) is 10.0. The highest BCUT2D eigenvalue weighted by atomic mass is 35.5. The maximum atomic E-state index is 6.24. The van der Waals surface area contributed by atoms with Crippen molar-refractivity contribution in [1.82, 2.24) is 0 Å². The van der Waals surface area contributed by atoms with Gasteiger partial charge in [-0.3, -0.25) is 0 Å². The van der Waals surface area contributed by atoms with Crippen LogP contribution in [0.3, 0.4) is 0 Å². The molecule has 1 unspecified atom stereocenters. The van der Waals surface area contributed by atoms with Gasteiger partial charge in [-0.1, -0.05) is 35.9 Å². The Hall–Kier alpha value is -1.25. The van der Waals surface area contributed by atoms with Crippen molar-refractivity contribution in [3.8, 4) is 5.75 Å². The van der Waals surface area contributed by atoms with Crippen LogP contribution >= 0.6 is 11.6 Å². The molecule has 2 aromatic rings. The third kappa shape index (κ3) is 1.38. The Labute approximate surface area is 99.0 Å². The predicted octanol–water partition coefficient (Wildman–Crippen LogP) is 2.76. The van der Waals surface area contributed by atoms with Gasteiger partial charge in [0.15, 0.2) is 0 Å². The van der Waals surface area contributed by atoms with Crippen molar-refractivity contribution in [1.29, 1.82) is 0 Å². The summed E-state index contributed by atoms with van der Waals surface area (Å²) in [6.07, 6.45) is 0.952. The van der Waals surface area contributed by atoms with Crippen molar-refractivity contribution in [2.24, 2.45) is 5.73 Å². The molecule has 0 spiro atoms. The average Bonchev–Trinajstić information content (AvgIpc) is 2.72. The zero-order valence-electron chi connectivity index (χ0n) is 8.74. The first-order chi connectivity index (χ1) is 7.79. The zero-order valence-corrected chi connectivity index (χ0v) is 9.50. The van der Waals surface area contributed by atoms with E-state index in [0.29, 0.717) is 6.54 Å². The van der Waals surface area contributed by atoms with Gasteiger partial charge in [-0.05, 0) is 6.07 Å². The van der Waals surface area contributed by atoms with E-state index in [9.17, 15) is 0 Å². The highest BCUT2D eigenvalue weighted by Crippen LogP contribution is 2.39. The first-order valence-corrected chi connectivity index (χ1v) is 5.74. The molecule has 82 valence electrons. The van der Waals surface area contributed by atoms with Crippen molar-refractivity contribution in [3.63, 3.8) is 0 Å². The number of hydrogen-bond donors (Lipinski definition) is 1. The van der Waals surface area contributed by atoms with Crippen molar-refractivity contribution >= 4 is 22.4 Å². The van der Waals surface area contributed by atoms with Crippen LogP contribution in [0.15, 0.2) is 30.3 Å². The van der Waals surface area contributed by atoms with Crippen molar-refractivity contribution in [2.75, 3.05) is 6.54 Å². The minimum Gasteiger partial charge on any atom is -0.488 e. The number of nitrogens with two attached hydrogens (primary N) is 1. The summed E-state index contributed by atoms with van der Waals surface area (Å²) in [5.41, 5.74) is 6.80. The van der Waals surface area contributed by atoms with Crippen molar-refractivity contribution in [3.05, 3.63) is 40.9 Å². The molecule has 0 aromatic heterocycles. The van der Waals surface area contributed by atoms with E-state index in [1.54, 1.807) is 0 Å². The molecule has 1 aliphatic heterocycles. The molecule has 2 N–H and O–H groups in total. The molecule has 3 heteroatoms. The molecule has 0 amide bonds. The van der Waals surface area contributed by atoms with Gasteiger partial charge in [0.1, 0.15) is 11.9 Å². The van der Waals surface area contributed by atoms with E-state index in [1.807, 2.05) is 30.3 Å². The lowest BCUT2D eigenvalue weighted by Crippen LogP contribution is -2.24. The van der Waals surface area contributed by atoms with E-state index in [-0.39, 0.29) is 6.10 Å². The second kappa shape index (κ2) is 3.65. The van der Waals surface area contributed by atoms with E-state index in [0.717, 1.165) is 28.0 Å². The lowest BCUT2D eigenvalue weighted by Gasteiger charge is -2.09. The van der Waals surface area contributed by atoms with Gasteiger partial charge in [0, 0.05) is 34.3 Å². The van der Waals surface area contributed by atoms with E-state index in [1.165, 1.54) is 5.56 Å². The number of hydrogen-bond acceptors (Lipinski definition) is 2. The Balaban J connectivity index is 2.26. The number of fused-ring (bicyclic) bond motifs is 3. The van der Waals surface area contributed by atoms with Gasteiger partial charge >= 0.3 is 0 Å². The molecule has 16 heavy (non-hydrogen) atoms. The standard InChI is InChI=1S/C13H12ClNO/c14-12-6-8-5-9(7-15)16-13(8)11-4-2-1-3-10(11)12/h1-4,6,9H,5,7,15H2. The molecule has 0 saturated carbocycles. The Bertz CT molecular complexity index is 553. The molecule has 2 aromatic carbocycles. The van der Waals surface area contributed by atoms with Gasteiger partial charge in [0.05, 0.1) is 0 Å². The van der Waals surface area contributed by atoms with Crippen molar-refractivity contribution in [2.45, 2.75) is 12.5 Å². The summed E-state index contributed by atoms with van der Waals surface area (Å²) in [6.45, 7) is 0.542. The second-order valence-corrected chi connectivity index (χ2v) is 4.48. The van der Waals surface area contributed by atoms with Crippen LogP contribution in [0.2, 0.25) is 5.02 Å². The molecule has 0 fully saturated rings. The van der Waals surface area contributed by atoms with Gasteiger partial charge < -0.3 is 10.5 Å². The van der Waals surface area contributed by atoms with Crippen LogP contribution in [0.25, 0.3) is 10.8 Å². The summed E-state index contributed by atoms with van der Waals surface area (Å²) in [5.74, 6) is 0.954. The minimum atomic E-state index is 0.0943. The summed E-state index contributed by atoms with van der Waals surface area (Å²) in [5, 5.41) is 2.91. The highest BCUT2D eigenvalue weighted by molar-refractivity contribution is 6.36. The van der Waals surface area contributed by atoms with E-state index in [2.05, 4.69) is 0 Å². The fourth-order valence-corrected chi connectivity index (χ4v) is 2.53. The van der Waals surface area contributed by atoms with Crippen LogP contribution in [0, 0.1) is 0 Å². The zero-order chi connectivity index (χ0) is 11.1. The molecule has 0 radical (unpaired) electrons. The first kappa shape index (κ1) is 9.94. The highest BCUT2D eigenvalue weighted by Gasteiger charge is 2.24.